The minimum atomic E-state index is -0.346. The van der Waals surface area contributed by atoms with Crippen molar-refractivity contribution in [1.82, 2.24) is 5.32 Å². The number of nitrogens with zero attached hydrogens (tertiary/aromatic N) is 1. The molecule has 0 radical (unpaired) electrons. The van der Waals surface area contributed by atoms with Crippen molar-refractivity contribution in [1.29, 1.82) is 5.26 Å². The summed E-state index contributed by atoms with van der Waals surface area (Å²) in [5.74, 6) is 0.289. The van der Waals surface area contributed by atoms with Gasteiger partial charge in [-0.2, -0.15) is 5.26 Å². The molecule has 6 heteroatoms. The van der Waals surface area contributed by atoms with Crippen molar-refractivity contribution >= 4 is 28.9 Å². The van der Waals surface area contributed by atoms with Crippen LogP contribution >= 0.6 is 12.2 Å². The molecule has 0 heterocycles. The number of carbonyl (C=O) groups excluding carboxylic acids is 1. The lowest BCUT2D eigenvalue weighted by Crippen LogP contribution is -2.34. The van der Waals surface area contributed by atoms with Crippen LogP contribution in [-0.2, 0) is 0 Å². The molecule has 0 saturated heterocycles. The molecule has 0 aliphatic carbocycles. The first-order valence-corrected chi connectivity index (χ1v) is 8.32. The lowest BCUT2D eigenvalue weighted by atomic mass is 10.2. The largest absolute Gasteiger partial charge is 0.491 e. The Morgan fingerprint density at radius 3 is 2.76 bits per heavy atom. The SMILES string of the molecule is CCC(C)Oc1cccc(C(=O)NC(=S)Nc2ccccc2C#N)c1. The van der Waals surface area contributed by atoms with Crippen LogP contribution in [0.5, 0.6) is 5.75 Å². The van der Waals surface area contributed by atoms with E-state index in [0.717, 1.165) is 6.42 Å². The first kappa shape index (κ1) is 18.4. The fourth-order valence-electron chi connectivity index (χ4n) is 2.04. The molecular weight excluding hydrogens is 334 g/mol. The van der Waals surface area contributed by atoms with Crippen LogP contribution in [0.2, 0.25) is 0 Å². The zero-order chi connectivity index (χ0) is 18.2. The van der Waals surface area contributed by atoms with Crippen LogP contribution in [0, 0.1) is 11.3 Å². The quantitative estimate of drug-likeness (QED) is 0.799. The predicted molar refractivity (Wildman–Crippen MR) is 102 cm³/mol. The van der Waals surface area contributed by atoms with E-state index in [2.05, 4.69) is 16.7 Å². The molecule has 2 rings (SSSR count). The summed E-state index contributed by atoms with van der Waals surface area (Å²) < 4.78 is 5.72. The molecule has 25 heavy (non-hydrogen) atoms. The zero-order valence-corrected chi connectivity index (χ0v) is 14.9. The highest BCUT2D eigenvalue weighted by molar-refractivity contribution is 7.80. The van der Waals surface area contributed by atoms with Crippen molar-refractivity contribution in [3.05, 3.63) is 59.7 Å². The number of benzene rings is 2. The maximum absolute atomic E-state index is 12.3. The van der Waals surface area contributed by atoms with Gasteiger partial charge in [0.15, 0.2) is 5.11 Å². The number of para-hydroxylation sites is 1. The minimum Gasteiger partial charge on any atom is -0.491 e. The van der Waals surface area contributed by atoms with E-state index in [4.69, 9.17) is 22.2 Å². The molecule has 1 atom stereocenters. The molecule has 2 aromatic carbocycles. The number of nitriles is 1. The first-order valence-electron chi connectivity index (χ1n) is 7.91. The molecular formula is C19H19N3O2S. The lowest BCUT2D eigenvalue weighted by molar-refractivity contribution is 0.0977. The number of rotatable bonds is 5. The normalized spacial score (nSPS) is 11.1. The highest BCUT2D eigenvalue weighted by Gasteiger charge is 2.11. The average molecular weight is 353 g/mol. The number of carbonyl (C=O) groups is 1. The molecule has 128 valence electrons. The highest BCUT2D eigenvalue weighted by atomic mass is 32.1. The number of anilines is 1. The Morgan fingerprint density at radius 1 is 1.28 bits per heavy atom. The van der Waals surface area contributed by atoms with Gasteiger partial charge in [-0.15, -0.1) is 0 Å². The lowest BCUT2D eigenvalue weighted by Gasteiger charge is -2.14. The second-order valence-corrected chi connectivity index (χ2v) is 5.84. The number of hydrogen-bond acceptors (Lipinski definition) is 4. The van der Waals surface area contributed by atoms with E-state index in [0.29, 0.717) is 22.6 Å². The van der Waals surface area contributed by atoms with E-state index < -0.39 is 0 Å². The highest BCUT2D eigenvalue weighted by Crippen LogP contribution is 2.16. The Kier molecular flexibility index (Phi) is 6.49. The van der Waals surface area contributed by atoms with E-state index in [-0.39, 0.29) is 17.1 Å². The summed E-state index contributed by atoms with van der Waals surface area (Å²) in [5, 5.41) is 14.7. The summed E-state index contributed by atoms with van der Waals surface area (Å²) in [4.78, 5) is 12.3. The topological polar surface area (TPSA) is 74.2 Å². The molecule has 1 amide bonds. The summed E-state index contributed by atoms with van der Waals surface area (Å²) in [7, 11) is 0. The first-order chi connectivity index (χ1) is 12.0. The molecule has 0 aliphatic rings. The number of nitrogens with one attached hydrogen (secondary N) is 2. The summed E-state index contributed by atoms with van der Waals surface area (Å²) in [5.41, 5.74) is 1.44. The summed E-state index contributed by atoms with van der Waals surface area (Å²) in [6.45, 7) is 4.00. The summed E-state index contributed by atoms with van der Waals surface area (Å²) in [6.07, 6.45) is 0.950. The van der Waals surface area contributed by atoms with Gasteiger partial charge in [-0.3, -0.25) is 10.1 Å². The molecule has 1 unspecified atom stereocenters. The second-order valence-electron chi connectivity index (χ2n) is 5.43. The van der Waals surface area contributed by atoms with Crippen LogP contribution in [0.25, 0.3) is 0 Å². The molecule has 0 saturated carbocycles. The molecule has 5 nitrogen and oxygen atoms in total. The van der Waals surface area contributed by atoms with Crippen LogP contribution in [0.4, 0.5) is 5.69 Å². The second kappa shape index (κ2) is 8.81. The fraction of sp³-hybridized carbons (Fsp3) is 0.211. The fourth-order valence-corrected chi connectivity index (χ4v) is 2.25. The molecule has 0 aliphatic heterocycles. The van der Waals surface area contributed by atoms with Gasteiger partial charge in [0.25, 0.3) is 5.91 Å². The van der Waals surface area contributed by atoms with E-state index in [1.807, 2.05) is 19.9 Å². The Hall–Kier alpha value is -2.91. The van der Waals surface area contributed by atoms with E-state index in [9.17, 15) is 4.79 Å². The van der Waals surface area contributed by atoms with Crippen LogP contribution < -0.4 is 15.4 Å². The van der Waals surface area contributed by atoms with Crippen LogP contribution in [0.1, 0.15) is 36.2 Å². The van der Waals surface area contributed by atoms with E-state index in [1.54, 1.807) is 42.5 Å². The third-order valence-electron chi connectivity index (χ3n) is 3.53. The van der Waals surface area contributed by atoms with E-state index in [1.165, 1.54) is 0 Å². The number of amides is 1. The molecule has 0 bridgehead atoms. The van der Waals surface area contributed by atoms with Gasteiger partial charge in [-0.25, -0.2) is 0 Å². The smallest absolute Gasteiger partial charge is 0.257 e. The van der Waals surface area contributed by atoms with Crippen molar-refractivity contribution in [2.75, 3.05) is 5.32 Å². The van der Waals surface area contributed by atoms with Gasteiger partial charge in [0.05, 0.1) is 17.4 Å². The monoisotopic (exact) mass is 353 g/mol. The zero-order valence-electron chi connectivity index (χ0n) is 14.1. The standard InChI is InChI=1S/C19H19N3O2S/c1-3-13(2)24-16-9-6-8-14(11-16)18(23)22-19(25)21-17-10-5-4-7-15(17)12-20/h4-11,13H,3H2,1-2H3,(H2,21,22,23,25). The third kappa shape index (κ3) is 5.30. The average Bonchev–Trinajstić information content (AvgIpc) is 2.62. The van der Waals surface area contributed by atoms with Crippen molar-refractivity contribution in [2.24, 2.45) is 0 Å². The predicted octanol–water partition coefficient (Wildman–Crippen LogP) is 3.86. The summed E-state index contributed by atoms with van der Waals surface area (Å²) in [6, 6.07) is 15.9. The van der Waals surface area contributed by atoms with Gasteiger partial charge < -0.3 is 10.1 Å². The van der Waals surface area contributed by atoms with Gasteiger partial charge in [-0.05, 0) is 55.9 Å². The Bertz CT molecular complexity index is 814. The molecule has 2 N–H and O–H groups in total. The number of hydrogen-bond donors (Lipinski definition) is 2. The van der Waals surface area contributed by atoms with Crippen LogP contribution in [0.3, 0.4) is 0 Å². The van der Waals surface area contributed by atoms with Gasteiger partial charge in [-0.1, -0.05) is 25.1 Å². The maximum atomic E-state index is 12.3. The van der Waals surface area contributed by atoms with Crippen molar-refractivity contribution in [2.45, 2.75) is 26.4 Å². The Balaban J connectivity index is 2.03. The van der Waals surface area contributed by atoms with Gasteiger partial charge in [0.2, 0.25) is 0 Å². The van der Waals surface area contributed by atoms with Gasteiger partial charge >= 0.3 is 0 Å². The Labute approximate surface area is 152 Å². The molecule has 0 fully saturated rings. The number of ether oxygens (including phenoxy) is 1. The number of thiocarbonyl (C=S) groups is 1. The van der Waals surface area contributed by atoms with Crippen molar-refractivity contribution in [3.8, 4) is 11.8 Å². The Morgan fingerprint density at radius 2 is 2.04 bits per heavy atom. The van der Waals surface area contributed by atoms with Crippen molar-refractivity contribution in [3.63, 3.8) is 0 Å². The third-order valence-corrected chi connectivity index (χ3v) is 3.74. The van der Waals surface area contributed by atoms with Gasteiger partial charge in [0.1, 0.15) is 11.8 Å². The maximum Gasteiger partial charge on any atom is 0.257 e. The molecule has 2 aromatic rings. The molecule has 0 spiro atoms. The molecule has 0 aromatic heterocycles. The van der Waals surface area contributed by atoms with Crippen LogP contribution in [0.15, 0.2) is 48.5 Å². The van der Waals surface area contributed by atoms with E-state index >= 15 is 0 Å². The van der Waals surface area contributed by atoms with Crippen molar-refractivity contribution < 1.29 is 9.53 Å². The minimum absolute atomic E-state index is 0.0727. The van der Waals surface area contributed by atoms with Crippen LogP contribution in [-0.4, -0.2) is 17.1 Å². The summed E-state index contributed by atoms with van der Waals surface area (Å²) >= 11 is 5.16. The van der Waals surface area contributed by atoms with Gasteiger partial charge in [0, 0.05) is 5.56 Å².